The highest BCUT2D eigenvalue weighted by Crippen LogP contribution is 2.23. The fourth-order valence-electron chi connectivity index (χ4n) is 1.56. The van der Waals surface area contributed by atoms with Gasteiger partial charge in [0.05, 0.1) is 6.42 Å². The Balaban J connectivity index is 2.13. The van der Waals surface area contributed by atoms with Crippen molar-refractivity contribution in [3.05, 3.63) is 78.2 Å². The van der Waals surface area contributed by atoms with Crippen molar-refractivity contribution in [3.63, 3.8) is 0 Å². The maximum Gasteiger partial charge on any atom is 0.184 e. The summed E-state index contributed by atoms with van der Waals surface area (Å²) in [5.74, 6) is 0. The van der Waals surface area contributed by atoms with Gasteiger partial charge in [-0.25, -0.2) is 0 Å². The molecule has 1 atom stereocenters. The zero-order valence-electron chi connectivity index (χ0n) is 8.74. The van der Waals surface area contributed by atoms with Crippen LogP contribution in [0, 0.1) is 6.42 Å². The molecule has 0 amide bonds. The van der Waals surface area contributed by atoms with Crippen molar-refractivity contribution in [3.8, 4) is 0 Å². The van der Waals surface area contributed by atoms with E-state index in [0.29, 0.717) is 0 Å². The Hall–Kier alpha value is -1.77. The van der Waals surface area contributed by atoms with Crippen molar-refractivity contribution < 1.29 is 10.1 Å². The summed E-state index contributed by atoms with van der Waals surface area (Å²) < 4.78 is 0. The number of rotatable bonds is 4. The van der Waals surface area contributed by atoms with Crippen LogP contribution in [0.3, 0.4) is 0 Å². The van der Waals surface area contributed by atoms with Crippen molar-refractivity contribution >= 4 is 0 Å². The van der Waals surface area contributed by atoms with Crippen LogP contribution >= 0.6 is 0 Å². The van der Waals surface area contributed by atoms with Gasteiger partial charge in [0, 0.05) is 17.7 Å². The van der Waals surface area contributed by atoms with Crippen molar-refractivity contribution in [1.82, 2.24) is 0 Å². The molecule has 79 valence electrons. The molecule has 0 saturated heterocycles. The Kier molecular flexibility index (Phi) is 3.59. The normalized spacial score (nSPS) is 12.1. The van der Waals surface area contributed by atoms with Crippen molar-refractivity contribution in [2.24, 2.45) is 0 Å². The SMILES string of the molecule is [O]OC([CH+]c1ccccc1)c1ccccc1. The van der Waals surface area contributed by atoms with Gasteiger partial charge in [0.25, 0.3) is 0 Å². The Morgan fingerprint density at radius 2 is 1.44 bits per heavy atom. The van der Waals surface area contributed by atoms with Gasteiger partial charge in [0.2, 0.25) is 0 Å². The minimum atomic E-state index is -0.538. The van der Waals surface area contributed by atoms with Gasteiger partial charge in [0.15, 0.2) is 6.10 Å². The Morgan fingerprint density at radius 1 is 0.875 bits per heavy atom. The van der Waals surface area contributed by atoms with E-state index >= 15 is 0 Å². The number of hydrogen-bond acceptors (Lipinski definition) is 1. The smallest absolute Gasteiger partial charge is 0.177 e. The average molecular weight is 212 g/mol. The van der Waals surface area contributed by atoms with Crippen molar-refractivity contribution in [1.29, 1.82) is 0 Å². The third-order valence-electron chi connectivity index (χ3n) is 2.38. The van der Waals surface area contributed by atoms with E-state index in [1.807, 2.05) is 67.1 Å². The summed E-state index contributed by atoms with van der Waals surface area (Å²) in [6, 6.07) is 19.1. The van der Waals surface area contributed by atoms with Gasteiger partial charge in [-0.1, -0.05) is 30.3 Å². The van der Waals surface area contributed by atoms with Crippen LogP contribution in [0.25, 0.3) is 0 Å². The highest BCUT2D eigenvalue weighted by atomic mass is 17.1. The third-order valence-corrected chi connectivity index (χ3v) is 2.38. The van der Waals surface area contributed by atoms with Gasteiger partial charge in [-0.05, 0) is 23.5 Å². The van der Waals surface area contributed by atoms with Gasteiger partial charge in [-0.3, -0.25) is 0 Å². The van der Waals surface area contributed by atoms with E-state index in [1.54, 1.807) is 0 Å². The molecule has 1 unspecified atom stereocenters. The predicted octanol–water partition coefficient (Wildman–Crippen LogP) is 3.34. The van der Waals surface area contributed by atoms with Crippen LogP contribution in [0.2, 0.25) is 0 Å². The lowest BCUT2D eigenvalue weighted by molar-refractivity contribution is -0.330. The van der Waals surface area contributed by atoms with Gasteiger partial charge >= 0.3 is 0 Å². The molecule has 2 nitrogen and oxygen atoms in total. The fraction of sp³-hybridized carbons (Fsp3) is 0.0714. The summed E-state index contributed by atoms with van der Waals surface area (Å²) in [6.45, 7) is 0. The molecule has 0 spiro atoms. The minimum absolute atomic E-state index is 0.538. The topological polar surface area (TPSA) is 29.1 Å². The number of hydrogen-bond donors (Lipinski definition) is 0. The summed E-state index contributed by atoms with van der Waals surface area (Å²) in [7, 11) is 0. The maximum atomic E-state index is 10.7. The summed E-state index contributed by atoms with van der Waals surface area (Å²) in [4.78, 5) is 4.23. The molecule has 0 bridgehead atoms. The second-order valence-corrected chi connectivity index (χ2v) is 3.50. The highest BCUT2D eigenvalue weighted by molar-refractivity contribution is 5.29. The van der Waals surface area contributed by atoms with Gasteiger partial charge in [-0.2, -0.15) is 4.89 Å². The van der Waals surface area contributed by atoms with Crippen LogP contribution in [-0.2, 0) is 10.1 Å². The third kappa shape index (κ3) is 2.63. The number of benzene rings is 2. The molecule has 0 saturated carbocycles. The first-order valence-corrected chi connectivity index (χ1v) is 5.13. The molecule has 0 aliphatic heterocycles. The zero-order valence-corrected chi connectivity index (χ0v) is 8.74. The molecule has 0 fully saturated rings. The quantitative estimate of drug-likeness (QED) is 0.434. The monoisotopic (exact) mass is 212 g/mol. The van der Waals surface area contributed by atoms with Crippen LogP contribution in [0.4, 0.5) is 0 Å². The molecule has 1 radical (unpaired) electrons. The second-order valence-electron chi connectivity index (χ2n) is 3.50. The van der Waals surface area contributed by atoms with E-state index < -0.39 is 6.10 Å². The largest absolute Gasteiger partial charge is 0.184 e. The molecule has 0 N–H and O–H groups in total. The molecular weight excluding hydrogens is 200 g/mol. The highest BCUT2D eigenvalue weighted by Gasteiger charge is 2.18. The van der Waals surface area contributed by atoms with Crippen LogP contribution in [0.15, 0.2) is 60.7 Å². The summed E-state index contributed by atoms with van der Waals surface area (Å²) in [5.41, 5.74) is 1.84. The lowest BCUT2D eigenvalue weighted by Gasteiger charge is -2.07. The van der Waals surface area contributed by atoms with E-state index in [4.69, 9.17) is 0 Å². The van der Waals surface area contributed by atoms with E-state index in [2.05, 4.69) is 4.89 Å². The Bertz CT molecular complexity index is 411. The van der Waals surface area contributed by atoms with Crippen LogP contribution in [0.1, 0.15) is 17.2 Å². The minimum Gasteiger partial charge on any atom is -0.177 e. The first-order chi connectivity index (χ1) is 7.90. The van der Waals surface area contributed by atoms with Crippen molar-refractivity contribution in [2.75, 3.05) is 0 Å². The Morgan fingerprint density at radius 3 is 2.00 bits per heavy atom. The molecule has 2 rings (SSSR count). The standard InChI is InChI=1S/C14H12O2/c15-16-14(13-9-5-2-6-10-13)11-12-7-3-1-4-8-12/h1-11,14H/q+1. The summed E-state index contributed by atoms with van der Waals surface area (Å²) in [6.07, 6.45) is 1.27. The molecule has 0 heterocycles. The van der Waals surface area contributed by atoms with Crippen LogP contribution < -0.4 is 0 Å². The van der Waals surface area contributed by atoms with Crippen LogP contribution in [0.5, 0.6) is 0 Å². The molecule has 2 heteroatoms. The fourth-order valence-corrected chi connectivity index (χ4v) is 1.56. The van der Waals surface area contributed by atoms with Crippen LogP contribution in [-0.4, -0.2) is 0 Å². The summed E-state index contributed by atoms with van der Waals surface area (Å²) >= 11 is 0. The lowest BCUT2D eigenvalue weighted by Crippen LogP contribution is -2.02. The Labute approximate surface area is 95.1 Å². The zero-order chi connectivity index (χ0) is 11.2. The van der Waals surface area contributed by atoms with Crippen molar-refractivity contribution in [2.45, 2.75) is 6.10 Å². The molecule has 0 aromatic heterocycles. The molecule has 0 aliphatic carbocycles. The molecule has 2 aromatic rings. The van der Waals surface area contributed by atoms with E-state index in [9.17, 15) is 5.26 Å². The molecule has 0 aliphatic rings. The average Bonchev–Trinajstić information content (AvgIpc) is 2.38. The summed E-state index contributed by atoms with van der Waals surface area (Å²) in [5, 5.41) is 10.7. The lowest BCUT2D eigenvalue weighted by atomic mass is 10.0. The predicted molar refractivity (Wildman–Crippen MR) is 60.8 cm³/mol. The second kappa shape index (κ2) is 5.35. The van der Waals surface area contributed by atoms with Gasteiger partial charge in [0.1, 0.15) is 5.56 Å². The van der Waals surface area contributed by atoms with Gasteiger partial charge < -0.3 is 0 Å². The van der Waals surface area contributed by atoms with E-state index in [0.717, 1.165) is 11.1 Å². The van der Waals surface area contributed by atoms with Gasteiger partial charge in [-0.15, -0.1) is 0 Å². The molecular formula is C14H12O2+. The maximum absolute atomic E-state index is 10.7. The molecule has 16 heavy (non-hydrogen) atoms. The first-order valence-electron chi connectivity index (χ1n) is 5.13. The first kappa shape index (κ1) is 10.7. The van der Waals surface area contributed by atoms with E-state index in [1.165, 1.54) is 0 Å². The van der Waals surface area contributed by atoms with E-state index in [-0.39, 0.29) is 0 Å². The molecule has 2 aromatic carbocycles.